The molecule has 0 aliphatic heterocycles. The van der Waals surface area contributed by atoms with Gasteiger partial charge in [0.25, 0.3) is 0 Å². The van der Waals surface area contributed by atoms with E-state index in [1.54, 1.807) is 6.20 Å². The number of hydrogen-bond donors (Lipinski definition) is 1. The van der Waals surface area contributed by atoms with Gasteiger partial charge in [-0.2, -0.15) is 0 Å². The van der Waals surface area contributed by atoms with Gasteiger partial charge in [-0.05, 0) is 24.3 Å². The van der Waals surface area contributed by atoms with Crippen LogP contribution in [0.15, 0.2) is 17.6 Å². The first-order valence-electron chi connectivity index (χ1n) is 4.66. The third kappa shape index (κ3) is 1.16. The van der Waals surface area contributed by atoms with E-state index in [0.717, 1.165) is 10.2 Å². The predicted octanol–water partition coefficient (Wildman–Crippen LogP) is 1.81. The van der Waals surface area contributed by atoms with Crippen molar-refractivity contribution in [1.29, 1.82) is 0 Å². The Morgan fingerprint density at radius 1 is 1.53 bits per heavy atom. The van der Waals surface area contributed by atoms with Crippen LogP contribution in [0.3, 0.4) is 0 Å². The second-order valence-corrected chi connectivity index (χ2v) is 4.66. The van der Waals surface area contributed by atoms with Crippen molar-refractivity contribution >= 4 is 27.5 Å². The fourth-order valence-corrected chi connectivity index (χ4v) is 2.38. The first-order chi connectivity index (χ1) is 7.22. The zero-order chi connectivity index (χ0) is 10.5. The second kappa shape index (κ2) is 2.76. The average Bonchev–Trinajstić information content (AvgIpc) is 2.91. The van der Waals surface area contributed by atoms with E-state index >= 15 is 0 Å². The maximum Gasteiger partial charge on any atom is 0.317 e. The number of hydrogen-bond acceptors (Lipinski definition) is 4. The molecule has 1 N–H and O–H groups in total. The first-order valence-corrected chi connectivity index (χ1v) is 5.54. The SMILES string of the molecule is O=C(O)C1(c2ncc3ccsc3n2)CC1. The molecule has 1 saturated carbocycles. The lowest BCUT2D eigenvalue weighted by Crippen LogP contribution is -2.22. The number of carbonyl (C=O) groups is 1. The largest absolute Gasteiger partial charge is 0.480 e. The highest BCUT2D eigenvalue weighted by Gasteiger charge is 2.54. The highest BCUT2D eigenvalue weighted by atomic mass is 32.1. The summed E-state index contributed by atoms with van der Waals surface area (Å²) in [6.45, 7) is 0. The van der Waals surface area contributed by atoms with Gasteiger partial charge in [0.2, 0.25) is 0 Å². The summed E-state index contributed by atoms with van der Waals surface area (Å²) in [5.41, 5.74) is -0.793. The van der Waals surface area contributed by atoms with E-state index in [1.807, 2.05) is 11.4 Å². The maximum atomic E-state index is 11.1. The number of nitrogens with zero attached hydrogens (tertiary/aromatic N) is 2. The normalized spacial score (nSPS) is 17.9. The lowest BCUT2D eigenvalue weighted by molar-refractivity contribution is -0.140. The minimum absolute atomic E-state index is 0.463. The Morgan fingerprint density at radius 3 is 3.00 bits per heavy atom. The van der Waals surface area contributed by atoms with Gasteiger partial charge in [0, 0.05) is 11.6 Å². The molecule has 15 heavy (non-hydrogen) atoms. The van der Waals surface area contributed by atoms with E-state index in [9.17, 15) is 4.79 Å². The summed E-state index contributed by atoms with van der Waals surface area (Å²) in [6, 6.07) is 1.93. The lowest BCUT2D eigenvalue weighted by Gasteiger charge is -2.06. The molecular weight excluding hydrogens is 212 g/mol. The van der Waals surface area contributed by atoms with Gasteiger partial charge in [0.05, 0.1) is 0 Å². The van der Waals surface area contributed by atoms with Gasteiger partial charge in [-0.25, -0.2) is 9.97 Å². The third-order valence-electron chi connectivity index (χ3n) is 2.80. The Hall–Kier alpha value is -1.49. The van der Waals surface area contributed by atoms with Crippen LogP contribution in [0, 0.1) is 0 Å². The zero-order valence-electron chi connectivity index (χ0n) is 7.80. The molecule has 0 radical (unpaired) electrons. The van der Waals surface area contributed by atoms with Crippen LogP contribution in [0.4, 0.5) is 0 Å². The predicted molar refractivity (Wildman–Crippen MR) is 56.0 cm³/mol. The molecule has 0 amide bonds. The van der Waals surface area contributed by atoms with E-state index in [1.165, 1.54) is 11.3 Å². The minimum Gasteiger partial charge on any atom is -0.480 e. The van der Waals surface area contributed by atoms with Crippen LogP contribution in [0.25, 0.3) is 10.2 Å². The molecule has 2 aromatic rings. The molecule has 2 aromatic heterocycles. The Morgan fingerprint density at radius 2 is 2.33 bits per heavy atom. The number of carboxylic acid groups (broad SMARTS) is 1. The standard InChI is InChI=1S/C10H8N2O2S/c13-9(14)10(2-3-10)8-11-5-6-1-4-15-7(6)12-8/h1,4-5H,2-3H2,(H,13,14). The van der Waals surface area contributed by atoms with Crippen LogP contribution in [-0.4, -0.2) is 21.0 Å². The molecule has 1 aliphatic rings. The topological polar surface area (TPSA) is 63.1 Å². The van der Waals surface area contributed by atoms with E-state index in [0.29, 0.717) is 18.7 Å². The lowest BCUT2D eigenvalue weighted by atomic mass is 10.1. The molecule has 0 unspecified atom stereocenters. The van der Waals surface area contributed by atoms with E-state index in [4.69, 9.17) is 5.11 Å². The summed E-state index contributed by atoms with van der Waals surface area (Å²) in [6.07, 6.45) is 3.01. The van der Waals surface area contributed by atoms with E-state index < -0.39 is 11.4 Å². The number of rotatable bonds is 2. The molecule has 1 fully saturated rings. The third-order valence-corrected chi connectivity index (χ3v) is 3.62. The smallest absolute Gasteiger partial charge is 0.317 e. The van der Waals surface area contributed by atoms with Crippen molar-refractivity contribution in [1.82, 2.24) is 9.97 Å². The van der Waals surface area contributed by atoms with Crippen molar-refractivity contribution in [2.45, 2.75) is 18.3 Å². The molecule has 1 aliphatic carbocycles. The van der Waals surface area contributed by atoms with Gasteiger partial charge in [-0.3, -0.25) is 4.79 Å². The van der Waals surface area contributed by atoms with Gasteiger partial charge in [-0.1, -0.05) is 0 Å². The molecule has 0 aromatic carbocycles. The highest BCUT2D eigenvalue weighted by Crippen LogP contribution is 2.47. The number of fused-ring (bicyclic) bond motifs is 1. The zero-order valence-corrected chi connectivity index (χ0v) is 8.62. The Kier molecular flexibility index (Phi) is 1.62. The molecule has 5 heteroatoms. The number of aliphatic carboxylic acids is 1. The van der Waals surface area contributed by atoms with Crippen LogP contribution < -0.4 is 0 Å². The molecule has 0 spiro atoms. The van der Waals surface area contributed by atoms with Crippen LogP contribution in [0.1, 0.15) is 18.7 Å². The fourth-order valence-electron chi connectivity index (χ4n) is 1.64. The molecule has 0 saturated heterocycles. The quantitative estimate of drug-likeness (QED) is 0.838. The summed E-state index contributed by atoms with van der Waals surface area (Å²) >= 11 is 1.51. The second-order valence-electron chi connectivity index (χ2n) is 3.76. The minimum atomic E-state index is -0.807. The number of thiophene rings is 1. The number of aromatic nitrogens is 2. The van der Waals surface area contributed by atoms with E-state index in [-0.39, 0.29) is 0 Å². The monoisotopic (exact) mass is 220 g/mol. The Bertz CT molecular complexity index is 545. The summed E-state index contributed by atoms with van der Waals surface area (Å²) in [7, 11) is 0. The Labute approximate surface area is 89.6 Å². The summed E-state index contributed by atoms with van der Waals surface area (Å²) in [5.74, 6) is -0.344. The molecular formula is C10H8N2O2S. The van der Waals surface area contributed by atoms with Gasteiger partial charge in [0.1, 0.15) is 16.1 Å². The van der Waals surface area contributed by atoms with Gasteiger partial charge in [0.15, 0.2) is 0 Å². The van der Waals surface area contributed by atoms with Gasteiger partial charge >= 0.3 is 5.97 Å². The van der Waals surface area contributed by atoms with Crippen molar-refractivity contribution in [2.75, 3.05) is 0 Å². The molecule has 76 valence electrons. The van der Waals surface area contributed by atoms with Crippen LogP contribution >= 0.6 is 11.3 Å². The summed E-state index contributed by atoms with van der Waals surface area (Å²) in [5, 5.41) is 12.0. The van der Waals surface area contributed by atoms with Crippen LogP contribution in [0.5, 0.6) is 0 Å². The molecule has 3 rings (SSSR count). The van der Waals surface area contributed by atoms with Crippen LogP contribution in [-0.2, 0) is 10.2 Å². The summed E-state index contributed by atoms with van der Waals surface area (Å²) in [4.78, 5) is 20.4. The van der Waals surface area contributed by atoms with Crippen molar-refractivity contribution in [2.24, 2.45) is 0 Å². The van der Waals surface area contributed by atoms with Gasteiger partial charge in [-0.15, -0.1) is 11.3 Å². The fraction of sp³-hybridized carbons (Fsp3) is 0.300. The van der Waals surface area contributed by atoms with Crippen molar-refractivity contribution < 1.29 is 9.90 Å². The van der Waals surface area contributed by atoms with Crippen molar-refractivity contribution in [3.63, 3.8) is 0 Å². The molecule has 4 nitrogen and oxygen atoms in total. The first kappa shape index (κ1) is 8.79. The summed E-state index contributed by atoms with van der Waals surface area (Å²) < 4.78 is 0. The van der Waals surface area contributed by atoms with Crippen molar-refractivity contribution in [3.05, 3.63) is 23.5 Å². The maximum absolute atomic E-state index is 11.1. The van der Waals surface area contributed by atoms with E-state index in [2.05, 4.69) is 9.97 Å². The highest BCUT2D eigenvalue weighted by molar-refractivity contribution is 7.16. The number of carboxylic acids is 1. The molecule has 2 heterocycles. The Balaban J connectivity index is 2.15. The molecule has 0 bridgehead atoms. The molecule has 0 atom stereocenters. The van der Waals surface area contributed by atoms with Crippen LogP contribution in [0.2, 0.25) is 0 Å². The van der Waals surface area contributed by atoms with Crippen molar-refractivity contribution in [3.8, 4) is 0 Å². The average molecular weight is 220 g/mol. The van der Waals surface area contributed by atoms with Gasteiger partial charge < -0.3 is 5.11 Å².